The van der Waals surface area contributed by atoms with E-state index in [2.05, 4.69) is 48.4 Å². The highest BCUT2D eigenvalue weighted by atomic mass is 32.2. The van der Waals surface area contributed by atoms with Gasteiger partial charge in [-0.05, 0) is 44.0 Å². The summed E-state index contributed by atoms with van der Waals surface area (Å²) in [6, 6.07) is 10.5. The van der Waals surface area contributed by atoms with Crippen LogP contribution in [0.3, 0.4) is 0 Å². The Hall–Kier alpha value is -0.980. The third-order valence-electron chi connectivity index (χ3n) is 2.86. The van der Waals surface area contributed by atoms with Crippen LogP contribution in [0.4, 0.5) is 0 Å². The number of unbranched alkanes of at least 4 members (excludes halogenated alkanes) is 1. The second kappa shape index (κ2) is 7.37. The van der Waals surface area contributed by atoms with Crippen molar-refractivity contribution in [1.82, 2.24) is 4.90 Å². The fourth-order valence-corrected chi connectivity index (χ4v) is 2.16. The summed E-state index contributed by atoms with van der Waals surface area (Å²) in [6.45, 7) is 3.14. The highest BCUT2D eigenvalue weighted by Gasteiger charge is 2.15. The van der Waals surface area contributed by atoms with Crippen LogP contribution in [-0.2, 0) is 0 Å². The van der Waals surface area contributed by atoms with Gasteiger partial charge < -0.3 is 0 Å². The molecule has 0 aliphatic heterocycles. The molecule has 0 saturated heterocycles. The van der Waals surface area contributed by atoms with Gasteiger partial charge in [-0.15, -0.1) is 11.8 Å². The average Bonchev–Trinajstić information content (AvgIpc) is 2.38. The minimum Gasteiger partial charge on any atom is -0.287 e. The Bertz CT molecular complexity index is 367. The van der Waals surface area contributed by atoms with E-state index in [0.29, 0.717) is 0 Å². The molecule has 0 N–H and O–H groups in total. The Kier molecular flexibility index (Phi) is 6.10. The molecule has 0 heterocycles. The van der Waals surface area contributed by atoms with Gasteiger partial charge in [0.05, 0.1) is 6.07 Å². The van der Waals surface area contributed by atoms with Gasteiger partial charge in [-0.1, -0.05) is 25.5 Å². The zero-order valence-corrected chi connectivity index (χ0v) is 11.6. The predicted molar refractivity (Wildman–Crippen MR) is 74.1 cm³/mol. The van der Waals surface area contributed by atoms with Gasteiger partial charge >= 0.3 is 0 Å². The van der Waals surface area contributed by atoms with Crippen molar-refractivity contribution < 1.29 is 0 Å². The molecule has 0 radical (unpaired) electrons. The molecule has 1 rings (SSSR count). The van der Waals surface area contributed by atoms with Crippen molar-refractivity contribution in [2.24, 2.45) is 0 Å². The van der Waals surface area contributed by atoms with E-state index in [-0.39, 0.29) is 6.04 Å². The first-order valence-corrected chi connectivity index (χ1v) is 7.19. The second-order valence-corrected chi connectivity index (χ2v) is 5.02. The van der Waals surface area contributed by atoms with Crippen LogP contribution in [0.25, 0.3) is 0 Å². The zero-order valence-electron chi connectivity index (χ0n) is 10.8. The molecule has 0 aromatic heterocycles. The van der Waals surface area contributed by atoms with E-state index in [1.54, 1.807) is 11.8 Å². The first-order chi connectivity index (χ1) is 8.22. The molecule has 0 aliphatic carbocycles. The first kappa shape index (κ1) is 14.1. The molecule has 1 aromatic carbocycles. The van der Waals surface area contributed by atoms with E-state index in [0.717, 1.165) is 24.9 Å². The van der Waals surface area contributed by atoms with Crippen molar-refractivity contribution >= 4 is 11.8 Å². The molecule has 92 valence electrons. The number of hydrogen-bond acceptors (Lipinski definition) is 3. The van der Waals surface area contributed by atoms with Gasteiger partial charge in [0, 0.05) is 4.90 Å². The van der Waals surface area contributed by atoms with Crippen molar-refractivity contribution in [3.8, 4) is 6.07 Å². The van der Waals surface area contributed by atoms with Crippen molar-refractivity contribution in [2.75, 3.05) is 19.8 Å². The van der Waals surface area contributed by atoms with E-state index >= 15 is 0 Å². The Balaban J connectivity index is 2.75. The van der Waals surface area contributed by atoms with Crippen LogP contribution in [0.1, 0.15) is 31.4 Å². The van der Waals surface area contributed by atoms with Crippen molar-refractivity contribution in [1.29, 1.82) is 5.26 Å². The molecule has 0 spiro atoms. The lowest BCUT2D eigenvalue weighted by Crippen LogP contribution is -2.24. The molecule has 0 amide bonds. The van der Waals surface area contributed by atoms with Gasteiger partial charge in [-0.25, -0.2) is 0 Å². The lowest BCUT2D eigenvalue weighted by atomic mass is 10.1. The maximum absolute atomic E-state index is 9.28. The zero-order chi connectivity index (χ0) is 12.7. The summed E-state index contributed by atoms with van der Waals surface area (Å²) in [5.41, 5.74) is 1.09. The highest BCUT2D eigenvalue weighted by Crippen LogP contribution is 2.22. The summed E-state index contributed by atoms with van der Waals surface area (Å²) in [7, 11) is 2.02. The fourth-order valence-electron chi connectivity index (χ4n) is 1.75. The Morgan fingerprint density at radius 3 is 2.47 bits per heavy atom. The fraction of sp³-hybridized carbons (Fsp3) is 0.500. The van der Waals surface area contributed by atoms with Crippen LogP contribution in [0.5, 0.6) is 0 Å². The number of rotatable bonds is 6. The highest BCUT2D eigenvalue weighted by molar-refractivity contribution is 7.98. The molecular weight excluding hydrogens is 228 g/mol. The molecule has 2 nitrogen and oxygen atoms in total. The topological polar surface area (TPSA) is 27.0 Å². The third-order valence-corrected chi connectivity index (χ3v) is 3.60. The van der Waals surface area contributed by atoms with Crippen LogP contribution in [0.15, 0.2) is 29.2 Å². The van der Waals surface area contributed by atoms with Crippen LogP contribution in [-0.4, -0.2) is 24.7 Å². The predicted octanol–water partition coefficient (Wildman–Crippen LogP) is 3.71. The normalized spacial score (nSPS) is 12.4. The van der Waals surface area contributed by atoms with Gasteiger partial charge in [-0.2, -0.15) is 5.26 Å². The molecule has 1 unspecified atom stereocenters. The number of benzene rings is 1. The van der Waals surface area contributed by atoms with E-state index < -0.39 is 0 Å². The van der Waals surface area contributed by atoms with Crippen LogP contribution < -0.4 is 0 Å². The van der Waals surface area contributed by atoms with Gasteiger partial charge in [0.25, 0.3) is 0 Å². The maximum atomic E-state index is 9.28. The minimum absolute atomic E-state index is 0.127. The largest absolute Gasteiger partial charge is 0.287 e. The summed E-state index contributed by atoms with van der Waals surface area (Å²) in [5, 5.41) is 9.28. The Morgan fingerprint density at radius 1 is 1.35 bits per heavy atom. The number of nitriles is 1. The lowest BCUT2D eigenvalue weighted by molar-refractivity contribution is 0.286. The Labute approximate surface area is 109 Å². The van der Waals surface area contributed by atoms with E-state index in [1.807, 2.05) is 7.05 Å². The van der Waals surface area contributed by atoms with Crippen LogP contribution in [0, 0.1) is 11.3 Å². The molecule has 0 bridgehead atoms. The van der Waals surface area contributed by atoms with Crippen molar-refractivity contribution in [3.05, 3.63) is 29.8 Å². The molecule has 3 heteroatoms. The number of thioether (sulfide) groups is 1. The van der Waals surface area contributed by atoms with Crippen LogP contribution in [0.2, 0.25) is 0 Å². The molecule has 0 fully saturated rings. The van der Waals surface area contributed by atoms with E-state index in [1.165, 1.54) is 4.90 Å². The van der Waals surface area contributed by atoms with E-state index in [9.17, 15) is 5.26 Å². The average molecular weight is 248 g/mol. The van der Waals surface area contributed by atoms with Crippen LogP contribution >= 0.6 is 11.8 Å². The standard InChI is InChI=1S/C14H20N2S/c1-4-5-10-16(2)14(11-15)12-6-8-13(17-3)9-7-12/h6-9,14H,4-5,10H2,1-3H3. The molecule has 0 aliphatic rings. The second-order valence-electron chi connectivity index (χ2n) is 4.14. The summed E-state index contributed by atoms with van der Waals surface area (Å²) >= 11 is 1.72. The third kappa shape index (κ3) is 4.07. The number of hydrogen-bond donors (Lipinski definition) is 0. The van der Waals surface area contributed by atoms with Gasteiger partial charge in [0.2, 0.25) is 0 Å². The Morgan fingerprint density at radius 2 is 2.00 bits per heavy atom. The summed E-state index contributed by atoms with van der Waals surface area (Å²) in [5.74, 6) is 0. The molecular formula is C14H20N2S. The first-order valence-electron chi connectivity index (χ1n) is 5.96. The molecule has 1 aromatic rings. The minimum atomic E-state index is -0.127. The molecule has 0 saturated carbocycles. The maximum Gasteiger partial charge on any atom is 0.123 e. The lowest BCUT2D eigenvalue weighted by Gasteiger charge is -2.22. The number of nitrogens with zero attached hydrogens (tertiary/aromatic N) is 2. The smallest absolute Gasteiger partial charge is 0.123 e. The van der Waals surface area contributed by atoms with Crippen molar-refractivity contribution in [3.63, 3.8) is 0 Å². The van der Waals surface area contributed by atoms with E-state index in [4.69, 9.17) is 0 Å². The molecule has 17 heavy (non-hydrogen) atoms. The van der Waals surface area contributed by atoms with Crippen molar-refractivity contribution in [2.45, 2.75) is 30.7 Å². The monoisotopic (exact) mass is 248 g/mol. The summed E-state index contributed by atoms with van der Waals surface area (Å²) < 4.78 is 0. The summed E-state index contributed by atoms with van der Waals surface area (Å²) in [4.78, 5) is 3.36. The van der Waals surface area contributed by atoms with Gasteiger partial charge in [0.15, 0.2) is 0 Å². The van der Waals surface area contributed by atoms with Gasteiger partial charge in [-0.3, -0.25) is 4.90 Å². The molecule has 1 atom stereocenters. The van der Waals surface area contributed by atoms with Gasteiger partial charge in [0.1, 0.15) is 6.04 Å². The summed E-state index contributed by atoms with van der Waals surface area (Å²) in [6.07, 6.45) is 4.36. The quantitative estimate of drug-likeness (QED) is 0.718. The SMILES string of the molecule is CCCCN(C)C(C#N)c1ccc(SC)cc1.